The third-order valence-corrected chi connectivity index (χ3v) is 15.2. The highest BCUT2D eigenvalue weighted by molar-refractivity contribution is 7.19. The lowest BCUT2D eigenvalue weighted by atomic mass is 10.1. The zero-order valence-corrected chi connectivity index (χ0v) is 45.5. The number of nitrogens with one attached hydrogen (secondary N) is 3. The second kappa shape index (κ2) is 26.6. The highest BCUT2D eigenvalue weighted by Crippen LogP contribution is 2.38. The fraction of sp³-hybridized carbons (Fsp3) is 0.352. The van der Waals surface area contributed by atoms with Crippen molar-refractivity contribution in [1.29, 1.82) is 0 Å². The van der Waals surface area contributed by atoms with E-state index in [-0.39, 0.29) is 40.3 Å². The van der Waals surface area contributed by atoms with E-state index in [1.165, 1.54) is 18.2 Å². The van der Waals surface area contributed by atoms with Gasteiger partial charge in [0, 0.05) is 83.6 Å². The number of thiophene rings is 2. The molecular formula is C54H59ClF6N12O3S2. The summed E-state index contributed by atoms with van der Waals surface area (Å²) in [4.78, 5) is 41.6. The van der Waals surface area contributed by atoms with Gasteiger partial charge in [-0.05, 0) is 92.6 Å². The van der Waals surface area contributed by atoms with E-state index < -0.39 is 25.2 Å². The number of hydrogen-bond acceptors (Lipinski definition) is 17. The Labute approximate surface area is 461 Å². The third-order valence-electron chi connectivity index (χ3n) is 13.2. The highest BCUT2D eigenvalue weighted by Gasteiger charge is 2.33. The number of hydrogen-bond donors (Lipinski definition) is 4. The number of carbonyl (C=O) groups excluding carboxylic acids is 1. The molecule has 0 radical (unpaired) electrons. The summed E-state index contributed by atoms with van der Waals surface area (Å²) in [5, 5.41) is 11.5. The van der Waals surface area contributed by atoms with Crippen LogP contribution in [0.4, 0.5) is 60.7 Å². The highest BCUT2D eigenvalue weighted by atomic mass is 35.5. The Bertz CT molecular complexity index is 3210. The van der Waals surface area contributed by atoms with Gasteiger partial charge in [-0.25, -0.2) is 19.9 Å². The van der Waals surface area contributed by atoms with Gasteiger partial charge in [-0.3, -0.25) is 14.8 Å². The van der Waals surface area contributed by atoms with Gasteiger partial charge in [0.1, 0.15) is 51.7 Å². The largest absolute Gasteiger partial charge is 0.495 e. The Morgan fingerprint density at radius 3 is 1.56 bits per heavy atom. The van der Waals surface area contributed by atoms with Crippen LogP contribution in [0.2, 0.25) is 0 Å². The van der Waals surface area contributed by atoms with Crippen molar-refractivity contribution in [1.82, 2.24) is 35.2 Å². The summed E-state index contributed by atoms with van der Waals surface area (Å²) >= 11 is 2.16. The number of fused-ring (bicyclic) bond motifs is 2. The topological polar surface area (TPSA) is 181 Å². The molecule has 2 fully saturated rings. The maximum atomic E-state index is 12.9. The van der Waals surface area contributed by atoms with E-state index in [1.54, 1.807) is 63.3 Å². The van der Waals surface area contributed by atoms with Crippen molar-refractivity contribution in [3.63, 3.8) is 0 Å². The Balaban J connectivity index is 0.000000186. The average Bonchev–Trinajstić information content (AvgIpc) is 4.31. The molecule has 414 valence electrons. The molecule has 0 amide bonds. The van der Waals surface area contributed by atoms with Gasteiger partial charge in [0.15, 0.2) is 0 Å². The van der Waals surface area contributed by atoms with Gasteiger partial charge in [0.25, 0.3) is 0 Å². The van der Waals surface area contributed by atoms with Crippen molar-refractivity contribution >= 4 is 96.2 Å². The fourth-order valence-corrected chi connectivity index (χ4v) is 11.3. The maximum absolute atomic E-state index is 12.9. The Morgan fingerprint density at radius 1 is 0.641 bits per heavy atom. The second-order valence-corrected chi connectivity index (χ2v) is 21.0. The van der Waals surface area contributed by atoms with Gasteiger partial charge in [-0.2, -0.15) is 26.3 Å². The third kappa shape index (κ3) is 16.3. The summed E-state index contributed by atoms with van der Waals surface area (Å²) in [6.07, 6.45) is 5.86. The molecule has 10 rings (SSSR count). The van der Waals surface area contributed by atoms with Crippen LogP contribution < -0.4 is 41.0 Å². The zero-order valence-electron chi connectivity index (χ0n) is 43.0. The van der Waals surface area contributed by atoms with Crippen LogP contribution in [0.5, 0.6) is 11.5 Å². The predicted molar refractivity (Wildman–Crippen MR) is 299 cm³/mol. The molecule has 4 atom stereocenters. The molecule has 6 heterocycles. The van der Waals surface area contributed by atoms with Gasteiger partial charge >= 0.3 is 12.4 Å². The van der Waals surface area contributed by atoms with Crippen LogP contribution in [0.25, 0.3) is 20.4 Å². The van der Waals surface area contributed by atoms with E-state index in [0.29, 0.717) is 55.2 Å². The Hall–Kier alpha value is -6.92. The van der Waals surface area contributed by atoms with E-state index in [9.17, 15) is 31.1 Å². The molecule has 2 aromatic carbocycles. The van der Waals surface area contributed by atoms with Gasteiger partial charge in [0.2, 0.25) is 0 Å². The molecule has 8 aromatic rings. The number of anilines is 6. The van der Waals surface area contributed by atoms with E-state index in [0.717, 1.165) is 96.8 Å². The number of benzene rings is 2. The average molecular weight is 1140 g/mol. The fourth-order valence-electron chi connectivity index (χ4n) is 9.25. The number of aldehydes is 1. The van der Waals surface area contributed by atoms with Crippen LogP contribution in [-0.2, 0) is 19.4 Å². The maximum Gasteiger partial charge on any atom is 0.393 e. The van der Waals surface area contributed by atoms with Crippen molar-refractivity contribution in [3.05, 3.63) is 131 Å². The number of ether oxygens (including phenoxy) is 2. The summed E-state index contributed by atoms with van der Waals surface area (Å²) in [6, 6.07) is 23.4. The molecule has 0 spiro atoms. The summed E-state index contributed by atoms with van der Waals surface area (Å²) in [6.45, 7) is 0.755. The van der Waals surface area contributed by atoms with Gasteiger partial charge in [0.05, 0.1) is 74.0 Å². The smallest absolute Gasteiger partial charge is 0.393 e. The number of nitrogens with zero attached hydrogens (tertiary/aromatic N) is 8. The number of methoxy groups -OCH3 is 2. The number of pyridine rings is 2. The molecule has 2 aliphatic carbocycles. The summed E-state index contributed by atoms with van der Waals surface area (Å²) in [5.74, 6) is 2.77. The molecule has 15 nitrogen and oxygen atoms in total. The molecule has 2 aliphatic rings. The lowest BCUT2D eigenvalue weighted by molar-refractivity contribution is -0.127. The summed E-state index contributed by atoms with van der Waals surface area (Å²) in [5.41, 5.74) is 11.3. The molecule has 2 saturated carbocycles. The van der Waals surface area contributed by atoms with Crippen LogP contribution in [0.1, 0.15) is 64.2 Å². The summed E-state index contributed by atoms with van der Waals surface area (Å²) in [7, 11) is 7.10. The molecular weight excluding hydrogens is 1080 g/mol. The van der Waals surface area contributed by atoms with Gasteiger partial charge in [-0.15, -0.1) is 35.1 Å². The monoisotopic (exact) mass is 1140 g/mol. The van der Waals surface area contributed by atoms with Crippen LogP contribution in [-0.4, -0.2) is 101 Å². The van der Waals surface area contributed by atoms with E-state index in [2.05, 4.69) is 62.9 Å². The minimum absolute atomic E-state index is 0. The number of carbonyl (C=O) groups is 1. The van der Waals surface area contributed by atoms with Crippen molar-refractivity contribution < 1.29 is 40.6 Å². The first kappa shape index (κ1) is 58.8. The van der Waals surface area contributed by atoms with Gasteiger partial charge < -0.3 is 41.0 Å². The van der Waals surface area contributed by atoms with Crippen LogP contribution in [0, 0.1) is 0 Å². The molecule has 0 bridgehead atoms. The SMILES string of the molecule is CN(c1ncnc2sc(CC(F)(F)F)cc12)[C@@H]1CC[C@H](N)C1.COc1cncc(Nc2ccc(C=O)cc2)c1.COc1cncc(Nc2ccc(CN[C@H]3CC[C@@H](N(C)c4ncnc5sc(CC(F)(F)F)cc45)C3)cc2)c1.Cl. The van der Waals surface area contributed by atoms with Crippen LogP contribution >= 0.6 is 35.1 Å². The lowest BCUT2D eigenvalue weighted by Gasteiger charge is -2.26. The minimum Gasteiger partial charge on any atom is -0.495 e. The van der Waals surface area contributed by atoms with Crippen molar-refractivity contribution in [3.8, 4) is 11.5 Å². The predicted octanol–water partition coefficient (Wildman–Crippen LogP) is 12.3. The Morgan fingerprint density at radius 2 is 1.12 bits per heavy atom. The van der Waals surface area contributed by atoms with Crippen molar-refractivity contribution in [2.75, 3.05) is 48.7 Å². The van der Waals surface area contributed by atoms with Gasteiger partial charge in [-0.1, -0.05) is 12.1 Å². The number of nitrogens with two attached hydrogens (primary N) is 1. The number of aromatic nitrogens is 6. The number of rotatable bonds is 16. The first-order chi connectivity index (χ1) is 36.9. The minimum atomic E-state index is -4.24. The van der Waals surface area contributed by atoms with E-state index in [1.807, 2.05) is 55.4 Å². The molecule has 5 N–H and O–H groups in total. The number of halogens is 7. The van der Waals surface area contributed by atoms with E-state index >= 15 is 0 Å². The van der Waals surface area contributed by atoms with Crippen molar-refractivity contribution in [2.45, 2.75) is 94.4 Å². The molecule has 78 heavy (non-hydrogen) atoms. The standard InChI is InChI=1S/C27H29F3N6OS.C14H17F3N4S.C13H12N2O2.ClH/c1-36(25-24-11-23(12-27(28,29)30)38-26(24)34-16-33-25)21-8-7-19(9-21)32-13-17-3-5-18(6-4-17)35-20-10-22(37-2)15-31-14-20;1-21(9-3-2-8(18)4-9)12-11-5-10(6-14(15,16)17)22-13(11)20-7-19-12;1-17-13-6-12(7-14-8-13)15-11-4-2-10(9-16)3-5-11;/h3-6,10-11,14-16,19,21,32,35H,7-9,12-13H2,1-2H3;5,7-9H,2-4,6,18H2,1H3;2-9,15H,1H3;1H/t19-,21+;8-,9+;;/m00../s1. The molecule has 0 saturated heterocycles. The quantitative estimate of drug-likeness (QED) is 0.0529. The van der Waals surface area contributed by atoms with Crippen LogP contribution in [0.15, 0.2) is 110 Å². The van der Waals surface area contributed by atoms with Crippen molar-refractivity contribution in [2.24, 2.45) is 5.73 Å². The molecule has 0 aliphatic heterocycles. The first-order valence-corrected chi connectivity index (χ1v) is 26.3. The zero-order chi connectivity index (χ0) is 54.7. The lowest BCUT2D eigenvalue weighted by Crippen LogP contribution is -2.33. The first-order valence-electron chi connectivity index (χ1n) is 24.6. The molecule has 24 heteroatoms. The van der Waals surface area contributed by atoms with E-state index in [4.69, 9.17) is 15.2 Å². The molecule has 0 unspecified atom stereocenters. The van der Waals surface area contributed by atoms with Crippen LogP contribution in [0.3, 0.4) is 0 Å². The summed E-state index contributed by atoms with van der Waals surface area (Å²) < 4.78 is 86.7. The number of alkyl halides is 6. The Kier molecular flexibility index (Phi) is 20.1. The normalized spacial score (nSPS) is 17.0. The second-order valence-electron chi connectivity index (χ2n) is 18.7. The molecule has 6 aromatic heterocycles.